The fraction of sp³-hybridized carbons (Fsp3) is 0. The Balaban J connectivity index is 2.10. The molecule has 0 heterocycles. The SMILES string of the molecule is O=S(=O)(ON=[C]c1ccccc1)c1ccc(O)cc1. The fourth-order valence-corrected chi connectivity index (χ4v) is 1.98. The summed E-state index contributed by atoms with van der Waals surface area (Å²) in [6.07, 6.45) is 2.46. The van der Waals surface area contributed by atoms with E-state index in [2.05, 4.69) is 15.7 Å². The topological polar surface area (TPSA) is 76.0 Å². The first kappa shape index (κ1) is 13.1. The zero-order chi connectivity index (χ0) is 13.7. The average molecular weight is 276 g/mol. The molecular weight excluding hydrogens is 266 g/mol. The van der Waals surface area contributed by atoms with Crippen LogP contribution in [0.2, 0.25) is 0 Å². The molecule has 1 radical (unpaired) electrons. The van der Waals surface area contributed by atoms with Crippen molar-refractivity contribution < 1.29 is 17.8 Å². The number of phenolic OH excluding ortho intramolecular Hbond substituents is 1. The molecule has 0 saturated carbocycles. The maximum Gasteiger partial charge on any atom is 0.358 e. The van der Waals surface area contributed by atoms with Crippen molar-refractivity contribution in [2.75, 3.05) is 0 Å². The predicted molar refractivity (Wildman–Crippen MR) is 69.4 cm³/mol. The van der Waals surface area contributed by atoms with E-state index in [9.17, 15) is 8.42 Å². The van der Waals surface area contributed by atoms with E-state index in [0.717, 1.165) is 0 Å². The lowest BCUT2D eigenvalue weighted by atomic mass is 10.2. The van der Waals surface area contributed by atoms with Crippen molar-refractivity contribution in [3.8, 4) is 5.75 Å². The van der Waals surface area contributed by atoms with Crippen molar-refractivity contribution in [3.05, 3.63) is 60.2 Å². The Morgan fingerprint density at radius 3 is 2.26 bits per heavy atom. The van der Waals surface area contributed by atoms with Crippen LogP contribution in [-0.4, -0.2) is 19.7 Å². The summed E-state index contributed by atoms with van der Waals surface area (Å²) in [5.74, 6) is -0.0294. The summed E-state index contributed by atoms with van der Waals surface area (Å²) < 4.78 is 27.9. The summed E-state index contributed by atoms with van der Waals surface area (Å²) in [5.41, 5.74) is 0.600. The van der Waals surface area contributed by atoms with E-state index in [1.807, 2.05) is 6.07 Å². The summed E-state index contributed by atoms with van der Waals surface area (Å²) in [4.78, 5) is -0.0936. The van der Waals surface area contributed by atoms with Crippen molar-refractivity contribution in [1.82, 2.24) is 0 Å². The number of aromatic hydroxyl groups is 1. The molecule has 0 bridgehead atoms. The first-order chi connectivity index (χ1) is 9.08. The molecule has 2 aromatic carbocycles. The smallest absolute Gasteiger partial charge is 0.358 e. The van der Waals surface area contributed by atoms with E-state index in [1.54, 1.807) is 24.3 Å². The van der Waals surface area contributed by atoms with Crippen LogP contribution in [0.4, 0.5) is 0 Å². The lowest BCUT2D eigenvalue weighted by Crippen LogP contribution is -2.02. The zero-order valence-electron chi connectivity index (χ0n) is 9.72. The lowest BCUT2D eigenvalue weighted by molar-refractivity contribution is 0.341. The molecule has 0 fully saturated rings. The maximum absolute atomic E-state index is 11.7. The quantitative estimate of drug-likeness (QED) is 0.684. The van der Waals surface area contributed by atoms with Crippen molar-refractivity contribution in [2.24, 2.45) is 5.16 Å². The molecule has 0 aliphatic carbocycles. The monoisotopic (exact) mass is 276 g/mol. The van der Waals surface area contributed by atoms with Crippen LogP contribution in [0.5, 0.6) is 5.75 Å². The lowest BCUT2D eigenvalue weighted by Gasteiger charge is -2.00. The minimum Gasteiger partial charge on any atom is -0.508 e. The summed E-state index contributed by atoms with van der Waals surface area (Å²) in [7, 11) is -3.99. The molecule has 19 heavy (non-hydrogen) atoms. The number of benzene rings is 2. The van der Waals surface area contributed by atoms with Crippen molar-refractivity contribution in [1.29, 1.82) is 0 Å². The highest BCUT2D eigenvalue weighted by Gasteiger charge is 2.15. The molecule has 1 N–H and O–H groups in total. The van der Waals surface area contributed by atoms with Crippen molar-refractivity contribution >= 4 is 16.3 Å². The molecule has 0 aliphatic rings. The third-order valence-electron chi connectivity index (χ3n) is 2.21. The minimum atomic E-state index is -3.99. The molecule has 2 aromatic rings. The van der Waals surface area contributed by atoms with Gasteiger partial charge in [-0.25, -0.2) is 0 Å². The molecule has 2 rings (SSSR count). The van der Waals surface area contributed by atoms with Gasteiger partial charge in [-0.2, -0.15) is 8.42 Å². The van der Waals surface area contributed by atoms with E-state index in [1.165, 1.54) is 24.3 Å². The van der Waals surface area contributed by atoms with Crippen LogP contribution >= 0.6 is 0 Å². The third kappa shape index (κ3) is 3.56. The molecule has 0 spiro atoms. The highest BCUT2D eigenvalue weighted by Crippen LogP contribution is 2.16. The highest BCUT2D eigenvalue weighted by molar-refractivity contribution is 7.86. The Morgan fingerprint density at radius 1 is 1.00 bits per heavy atom. The van der Waals surface area contributed by atoms with Gasteiger partial charge in [0, 0.05) is 5.56 Å². The normalized spacial score (nSPS) is 11.6. The molecule has 0 atom stereocenters. The first-order valence-electron chi connectivity index (χ1n) is 5.32. The van der Waals surface area contributed by atoms with Gasteiger partial charge in [0.05, 0.1) is 0 Å². The van der Waals surface area contributed by atoms with Gasteiger partial charge >= 0.3 is 10.1 Å². The fourth-order valence-electron chi connectivity index (χ4n) is 1.29. The Hall–Kier alpha value is -2.34. The van der Waals surface area contributed by atoms with Crippen molar-refractivity contribution in [2.45, 2.75) is 4.90 Å². The molecule has 5 nitrogen and oxygen atoms in total. The van der Waals surface area contributed by atoms with Gasteiger partial charge in [-0.1, -0.05) is 35.5 Å². The van der Waals surface area contributed by atoms with Crippen LogP contribution < -0.4 is 0 Å². The van der Waals surface area contributed by atoms with E-state index in [4.69, 9.17) is 5.11 Å². The number of hydrogen-bond donors (Lipinski definition) is 1. The Bertz CT molecular complexity index is 664. The average Bonchev–Trinajstić information content (AvgIpc) is 2.40. The molecular formula is C13H10NO4S. The number of phenols is 1. The predicted octanol–water partition coefficient (Wildman–Crippen LogP) is 2.01. The number of nitrogens with zero attached hydrogens (tertiary/aromatic N) is 1. The molecule has 0 unspecified atom stereocenters. The number of rotatable bonds is 4. The van der Waals surface area contributed by atoms with Crippen LogP contribution in [0, 0.1) is 0 Å². The summed E-state index contributed by atoms with van der Waals surface area (Å²) in [6.45, 7) is 0. The summed E-state index contributed by atoms with van der Waals surface area (Å²) in [5, 5.41) is 12.4. The van der Waals surface area contributed by atoms with Gasteiger partial charge in [0.2, 0.25) is 0 Å². The standard InChI is InChI=1S/C13H10NO4S/c15-12-6-8-13(9-7-12)19(16,17)18-14-10-11-4-2-1-3-5-11/h1-9,15H. The molecule has 0 saturated heterocycles. The highest BCUT2D eigenvalue weighted by atomic mass is 32.2. The molecule has 0 aliphatic heterocycles. The molecule has 6 heteroatoms. The van der Waals surface area contributed by atoms with Gasteiger partial charge in [0.25, 0.3) is 0 Å². The van der Waals surface area contributed by atoms with Gasteiger partial charge in [-0.15, -0.1) is 0 Å². The number of hydrogen-bond acceptors (Lipinski definition) is 5. The summed E-state index contributed by atoms with van der Waals surface area (Å²) >= 11 is 0. The van der Waals surface area contributed by atoms with E-state index < -0.39 is 10.1 Å². The van der Waals surface area contributed by atoms with Crippen LogP contribution in [0.25, 0.3) is 0 Å². The van der Waals surface area contributed by atoms with Gasteiger partial charge in [-0.05, 0) is 24.3 Å². The van der Waals surface area contributed by atoms with E-state index in [-0.39, 0.29) is 10.6 Å². The molecule has 97 valence electrons. The Morgan fingerprint density at radius 2 is 1.63 bits per heavy atom. The van der Waals surface area contributed by atoms with Crippen LogP contribution in [-0.2, 0) is 14.4 Å². The maximum atomic E-state index is 11.7. The van der Waals surface area contributed by atoms with Crippen LogP contribution in [0.3, 0.4) is 0 Å². The molecule has 0 aromatic heterocycles. The van der Waals surface area contributed by atoms with Gasteiger partial charge < -0.3 is 5.11 Å². The second-order valence-electron chi connectivity index (χ2n) is 3.59. The van der Waals surface area contributed by atoms with E-state index in [0.29, 0.717) is 5.56 Å². The van der Waals surface area contributed by atoms with Crippen LogP contribution in [0.15, 0.2) is 64.6 Å². The summed E-state index contributed by atoms with van der Waals surface area (Å²) in [6, 6.07) is 13.7. The minimum absolute atomic E-state index is 0.0294. The van der Waals surface area contributed by atoms with Crippen molar-refractivity contribution in [3.63, 3.8) is 0 Å². The van der Waals surface area contributed by atoms with Gasteiger partial charge in [-0.3, -0.25) is 4.28 Å². The first-order valence-corrected chi connectivity index (χ1v) is 6.72. The second kappa shape index (κ2) is 5.53. The third-order valence-corrected chi connectivity index (χ3v) is 3.33. The van der Waals surface area contributed by atoms with E-state index >= 15 is 0 Å². The second-order valence-corrected chi connectivity index (χ2v) is 5.12. The van der Waals surface area contributed by atoms with Gasteiger partial charge in [0.15, 0.2) is 0 Å². The molecule has 0 amide bonds. The Labute approximate surface area is 110 Å². The zero-order valence-corrected chi connectivity index (χ0v) is 10.5. The largest absolute Gasteiger partial charge is 0.508 e. The Kier molecular flexibility index (Phi) is 3.82. The van der Waals surface area contributed by atoms with Crippen LogP contribution in [0.1, 0.15) is 5.56 Å². The van der Waals surface area contributed by atoms with Gasteiger partial charge in [0.1, 0.15) is 16.9 Å².